The van der Waals surface area contributed by atoms with Crippen molar-refractivity contribution in [3.63, 3.8) is 0 Å². The van der Waals surface area contributed by atoms with Crippen LogP contribution in [0.25, 0.3) is 0 Å². The molecule has 1 aromatic carbocycles. The van der Waals surface area contributed by atoms with E-state index in [0.29, 0.717) is 18.1 Å². The van der Waals surface area contributed by atoms with Gasteiger partial charge in [-0.05, 0) is 12.5 Å². The Hall–Kier alpha value is -1.56. The number of hydrogen-bond donors (Lipinski definition) is 2. The summed E-state index contributed by atoms with van der Waals surface area (Å²) < 4.78 is 41.4. The lowest BCUT2D eigenvalue weighted by atomic mass is 10.2. The fraction of sp³-hybridized carbons (Fsp3) is 0.412. The van der Waals surface area contributed by atoms with Crippen molar-refractivity contribution in [3.05, 3.63) is 45.9 Å². The maximum Gasteiger partial charge on any atom is 0.573 e. The summed E-state index contributed by atoms with van der Waals surface area (Å²) >= 11 is 1.68. The lowest BCUT2D eigenvalue weighted by Crippen LogP contribution is -2.38. The number of thiazole rings is 1. The number of guanidine groups is 1. The zero-order valence-corrected chi connectivity index (χ0v) is 18.1. The normalized spacial score (nSPS) is 11.7. The molecule has 150 valence electrons. The molecule has 1 heterocycles. The van der Waals surface area contributed by atoms with Gasteiger partial charge in [-0.3, -0.25) is 4.99 Å². The number of ether oxygens (including phenoxy) is 1. The zero-order valence-electron chi connectivity index (χ0n) is 15.0. The topological polar surface area (TPSA) is 58.5 Å². The Kier molecular flexibility index (Phi) is 9.84. The van der Waals surface area contributed by atoms with E-state index in [9.17, 15) is 13.2 Å². The summed E-state index contributed by atoms with van der Waals surface area (Å²) in [5, 5.41) is 7.15. The predicted octanol–water partition coefficient (Wildman–Crippen LogP) is 4.13. The molecular weight excluding hydrogens is 492 g/mol. The second-order valence-electron chi connectivity index (χ2n) is 5.33. The molecule has 27 heavy (non-hydrogen) atoms. The van der Waals surface area contributed by atoms with Crippen LogP contribution >= 0.6 is 35.3 Å². The van der Waals surface area contributed by atoms with E-state index in [0.717, 1.165) is 17.8 Å². The molecule has 0 aliphatic rings. The number of alkyl halides is 3. The number of aliphatic imine (C=N–C) groups is 1. The molecule has 1 aromatic heterocycles. The van der Waals surface area contributed by atoms with E-state index in [1.54, 1.807) is 30.5 Å². The third-order valence-electron chi connectivity index (χ3n) is 3.45. The van der Waals surface area contributed by atoms with Gasteiger partial charge in [0.1, 0.15) is 5.75 Å². The fourth-order valence-electron chi connectivity index (χ4n) is 2.19. The number of rotatable bonds is 7. The number of aryl methyl sites for hydroxylation is 1. The van der Waals surface area contributed by atoms with Crippen molar-refractivity contribution in [2.24, 2.45) is 4.99 Å². The molecule has 0 saturated carbocycles. The van der Waals surface area contributed by atoms with E-state index in [1.165, 1.54) is 17.0 Å². The van der Waals surface area contributed by atoms with Crippen LogP contribution in [-0.2, 0) is 19.4 Å². The third-order valence-corrected chi connectivity index (χ3v) is 4.65. The van der Waals surface area contributed by atoms with Crippen LogP contribution in [0.3, 0.4) is 0 Å². The summed E-state index contributed by atoms with van der Waals surface area (Å²) in [6.07, 6.45) is -1.13. The highest BCUT2D eigenvalue weighted by atomic mass is 127. The van der Waals surface area contributed by atoms with Gasteiger partial charge in [-0.1, -0.05) is 25.1 Å². The molecule has 0 aliphatic carbocycles. The van der Waals surface area contributed by atoms with E-state index < -0.39 is 6.36 Å². The van der Waals surface area contributed by atoms with Crippen molar-refractivity contribution in [2.75, 3.05) is 13.6 Å². The Labute approximate surface area is 177 Å². The molecule has 0 unspecified atom stereocenters. The van der Waals surface area contributed by atoms with Gasteiger partial charge in [0.25, 0.3) is 0 Å². The third kappa shape index (κ3) is 8.33. The first kappa shape index (κ1) is 23.5. The van der Waals surface area contributed by atoms with Crippen molar-refractivity contribution in [3.8, 4) is 5.75 Å². The van der Waals surface area contributed by atoms with Gasteiger partial charge in [0.15, 0.2) is 5.96 Å². The van der Waals surface area contributed by atoms with E-state index in [4.69, 9.17) is 0 Å². The second-order valence-corrected chi connectivity index (χ2v) is 6.53. The number of halogens is 4. The van der Waals surface area contributed by atoms with Crippen molar-refractivity contribution < 1.29 is 17.9 Å². The smallest absolute Gasteiger partial charge is 0.405 e. The molecule has 0 spiro atoms. The Morgan fingerprint density at radius 2 is 2.00 bits per heavy atom. The fourth-order valence-corrected chi connectivity index (χ4v) is 3.05. The van der Waals surface area contributed by atoms with Crippen LogP contribution in [0.4, 0.5) is 13.2 Å². The summed E-state index contributed by atoms with van der Waals surface area (Å²) in [7, 11) is 1.60. The minimum absolute atomic E-state index is 0. The lowest BCUT2D eigenvalue weighted by molar-refractivity contribution is -0.274. The van der Waals surface area contributed by atoms with E-state index in [1.807, 2.05) is 6.20 Å². The summed E-state index contributed by atoms with van der Waals surface area (Å²) in [6, 6.07) is 6.01. The Morgan fingerprint density at radius 1 is 1.26 bits per heavy atom. The quantitative estimate of drug-likeness (QED) is 0.332. The van der Waals surface area contributed by atoms with Crippen LogP contribution in [0.5, 0.6) is 5.75 Å². The molecule has 2 N–H and O–H groups in total. The summed E-state index contributed by atoms with van der Waals surface area (Å²) in [4.78, 5) is 9.66. The minimum Gasteiger partial charge on any atom is -0.405 e. The molecule has 0 aliphatic heterocycles. The van der Waals surface area contributed by atoms with E-state index in [2.05, 4.69) is 32.3 Å². The summed E-state index contributed by atoms with van der Waals surface area (Å²) in [6.45, 7) is 2.86. The predicted molar refractivity (Wildman–Crippen MR) is 112 cm³/mol. The van der Waals surface area contributed by atoms with Gasteiger partial charge in [0, 0.05) is 43.2 Å². The first-order valence-corrected chi connectivity index (χ1v) is 8.94. The van der Waals surface area contributed by atoms with E-state index >= 15 is 0 Å². The maximum absolute atomic E-state index is 12.5. The standard InChI is InChI=1S/C17H21F3N4OS.HI/c1-3-13-11-23-15(26-13)8-9-22-16(21-2)24-10-12-6-4-5-7-14(12)25-17(18,19)20;/h4-7,11H,3,8-10H2,1-2H3,(H2,21,22,24);1H. The van der Waals surface area contributed by atoms with Crippen LogP contribution in [-0.4, -0.2) is 30.9 Å². The number of benzene rings is 1. The SMILES string of the molecule is CCc1cnc(CCNC(=NC)NCc2ccccc2OC(F)(F)F)s1.I. The number of nitrogens with zero attached hydrogens (tertiary/aromatic N) is 2. The van der Waals surface area contributed by atoms with Crippen LogP contribution in [0, 0.1) is 0 Å². The first-order chi connectivity index (χ1) is 12.4. The Morgan fingerprint density at radius 3 is 2.63 bits per heavy atom. The molecule has 10 heteroatoms. The molecular formula is C17H22F3IN4OS. The number of aromatic nitrogens is 1. The minimum atomic E-state index is -4.72. The van der Waals surface area contributed by atoms with Crippen molar-refractivity contribution in [2.45, 2.75) is 32.7 Å². The van der Waals surface area contributed by atoms with Gasteiger partial charge in [-0.15, -0.1) is 48.5 Å². The average Bonchev–Trinajstić information content (AvgIpc) is 3.05. The number of nitrogens with one attached hydrogen (secondary N) is 2. The highest BCUT2D eigenvalue weighted by Crippen LogP contribution is 2.26. The molecule has 0 bridgehead atoms. The van der Waals surface area contributed by atoms with Gasteiger partial charge < -0.3 is 15.4 Å². The molecule has 2 rings (SSSR count). The molecule has 0 atom stereocenters. The lowest BCUT2D eigenvalue weighted by Gasteiger charge is -2.15. The molecule has 0 saturated heterocycles. The first-order valence-electron chi connectivity index (χ1n) is 8.13. The molecule has 0 radical (unpaired) electrons. The summed E-state index contributed by atoms with van der Waals surface area (Å²) in [5.41, 5.74) is 0.389. The van der Waals surface area contributed by atoms with Crippen molar-refractivity contribution >= 4 is 41.3 Å². The Balaban J connectivity index is 0.00000364. The molecule has 2 aromatic rings. The van der Waals surface area contributed by atoms with Gasteiger partial charge in [-0.25, -0.2) is 4.98 Å². The number of hydrogen-bond acceptors (Lipinski definition) is 4. The van der Waals surface area contributed by atoms with Crippen molar-refractivity contribution in [1.82, 2.24) is 15.6 Å². The molecule has 5 nitrogen and oxygen atoms in total. The molecule has 0 fully saturated rings. The number of para-hydroxylation sites is 1. The van der Waals surface area contributed by atoms with Crippen LogP contribution in [0.2, 0.25) is 0 Å². The van der Waals surface area contributed by atoms with Crippen LogP contribution in [0.1, 0.15) is 22.4 Å². The van der Waals surface area contributed by atoms with E-state index in [-0.39, 0.29) is 36.3 Å². The highest BCUT2D eigenvalue weighted by molar-refractivity contribution is 14.0. The second kappa shape index (κ2) is 11.3. The maximum atomic E-state index is 12.5. The zero-order chi connectivity index (χ0) is 19.0. The van der Waals surface area contributed by atoms with Gasteiger partial charge in [0.05, 0.1) is 5.01 Å². The average molecular weight is 514 g/mol. The van der Waals surface area contributed by atoms with Gasteiger partial charge in [0.2, 0.25) is 0 Å². The highest BCUT2D eigenvalue weighted by Gasteiger charge is 2.31. The van der Waals surface area contributed by atoms with Crippen molar-refractivity contribution in [1.29, 1.82) is 0 Å². The van der Waals surface area contributed by atoms with Gasteiger partial charge >= 0.3 is 6.36 Å². The monoisotopic (exact) mass is 514 g/mol. The molecule has 0 amide bonds. The van der Waals surface area contributed by atoms with Gasteiger partial charge in [-0.2, -0.15) is 0 Å². The van der Waals surface area contributed by atoms with Crippen LogP contribution < -0.4 is 15.4 Å². The Bertz CT molecular complexity index is 737. The largest absolute Gasteiger partial charge is 0.573 e. The summed E-state index contributed by atoms with van der Waals surface area (Å²) in [5.74, 6) is 0.275. The van der Waals surface area contributed by atoms with Crippen LogP contribution in [0.15, 0.2) is 35.5 Å².